The molecular formula is C77H122O6. The van der Waals surface area contributed by atoms with Crippen LogP contribution >= 0.6 is 0 Å². The van der Waals surface area contributed by atoms with Gasteiger partial charge in [-0.25, -0.2) is 0 Å². The van der Waals surface area contributed by atoms with Crippen LogP contribution in [0.1, 0.15) is 278 Å². The fraction of sp³-hybridized carbons (Fsp3) is 0.597. The van der Waals surface area contributed by atoms with E-state index in [0.29, 0.717) is 19.3 Å². The Bertz CT molecular complexity index is 1890. The van der Waals surface area contributed by atoms with Crippen molar-refractivity contribution in [2.45, 2.75) is 284 Å². The van der Waals surface area contributed by atoms with Gasteiger partial charge in [-0.2, -0.15) is 0 Å². The zero-order chi connectivity index (χ0) is 59.9. The molecule has 6 heteroatoms. The summed E-state index contributed by atoms with van der Waals surface area (Å²) >= 11 is 0. The summed E-state index contributed by atoms with van der Waals surface area (Å²) in [5, 5.41) is 0. The second-order valence-electron chi connectivity index (χ2n) is 21.6. The van der Waals surface area contributed by atoms with Gasteiger partial charge in [-0.05, 0) is 154 Å². The van der Waals surface area contributed by atoms with E-state index in [2.05, 4.69) is 191 Å². The molecule has 0 fully saturated rings. The predicted molar refractivity (Wildman–Crippen MR) is 361 cm³/mol. The molecule has 6 nitrogen and oxygen atoms in total. The summed E-state index contributed by atoms with van der Waals surface area (Å²) in [5.74, 6) is -0.957. The van der Waals surface area contributed by atoms with Gasteiger partial charge in [0.05, 0.1) is 0 Å². The Kier molecular flexibility index (Phi) is 64.9. The molecule has 83 heavy (non-hydrogen) atoms. The maximum Gasteiger partial charge on any atom is 0.306 e. The van der Waals surface area contributed by atoms with Gasteiger partial charge in [0, 0.05) is 19.3 Å². The molecule has 1 atom stereocenters. The van der Waals surface area contributed by atoms with Crippen molar-refractivity contribution in [1.29, 1.82) is 0 Å². The lowest BCUT2D eigenvalue weighted by molar-refractivity contribution is -0.167. The van der Waals surface area contributed by atoms with Crippen molar-refractivity contribution >= 4 is 17.9 Å². The number of allylic oxidation sites excluding steroid dienone is 28. The first-order valence-electron chi connectivity index (χ1n) is 33.6. The fourth-order valence-corrected chi connectivity index (χ4v) is 8.71. The highest BCUT2D eigenvalue weighted by Gasteiger charge is 2.19. The molecule has 466 valence electrons. The van der Waals surface area contributed by atoms with E-state index < -0.39 is 6.10 Å². The van der Waals surface area contributed by atoms with Gasteiger partial charge in [-0.3, -0.25) is 14.4 Å². The molecule has 0 saturated carbocycles. The van der Waals surface area contributed by atoms with Crippen molar-refractivity contribution in [3.63, 3.8) is 0 Å². The molecule has 1 unspecified atom stereocenters. The van der Waals surface area contributed by atoms with Crippen molar-refractivity contribution in [2.24, 2.45) is 0 Å². The molecular weight excluding hydrogens is 1020 g/mol. The Hall–Kier alpha value is -5.23. The van der Waals surface area contributed by atoms with Gasteiger partial charge in [-0.15, -0.1) is 0 Å². The average molecular weight is 1140 g/mol. The number of hydrogen-bond acceptors (Lipinski definition) is 6. The third-order valence-corrected chi connectivity index (χ3v) is 13.7. The van der Waals surface area contributed by atoms with Gasteiger partial charge in [-0.1, -0.05) is 274 Å². The molecule has 0 radical (unpaired) electrons. The van der Waals surface area contributed by atoms with Crippen LogP contribution in [0.15, 0.2) is 170 Å². The quantitative estimate of drug-likeness (QED) is 0.0261. The van der Waals surface area contributed by atoms with Crippen LogP contribution in [-0.4, -0.2) is 37.2 Å². The smallest absolute Gasteiger partial charge is 0.306 e. The largest absolute Gasteiger partial charge is 0.462 e. The van der Waals surface area contributed by atoms with E-state index >= 15 is 0 Å². The van der Waals surface area contributed by atoms with E-state index in [0.717, 1.165) is 167 Å². The SMILES string of the molecule is CC/C=C\C/C=C\C/C=C\C/C=C\C/C=C\C/C=C\C/C=C\C/C=C\C/C=C\CCCCCC(=O)OCC(COC(=O)CCCCCCCCC/C=C\C/C=C\CCCCC)OC(=O)CCCCCCCCC/C=C\C/C=C\C/C=C\CC. The summed E-state index contributed by atoms with van der Waals surface area (Å²) < 4.78 is 16.9. The van der Waals surface area contributed by atoms with Crippen molar-refractivity contribution in [3.8, 4) is 0 Å². The van der Waals surface area contributed by atoms with Crippen LogP contribution in [0.3, 0.4) is 0 Å². The topological polar surface area (TPSA) is 78.9 Å². The minimum Gasteiger partial charge on any atom is -0.462 e. The van der Waals surface area contributed by atoms with Gasteiger partial charge >= 0.3 is 17.9 Å². The molecule has 0 bridgehead atoms. The van der Waals surface area contributed by atoms with Crippen LogP contribution < -0.4 is 0 Å². The molecule has 0 aromatic rings. The molecule has 0 heterocycles. The Labute approximate surface area is 511 Å². The highest BCUT2D eigenvalue weighted by atomic mass is 16.6. The Balaban J connectivity index is 4.45. The summed E-state index contributed by atoms with van der Waals surface area (Å²) in [7, 11) is 0. The standard InChI is InChI=1S/C77H122O6/c1-4-7-10-13-16-19-22-25-28-31-32-33-34-35-36-37-38-39-40-41-42-43-44-47-49-52-55-58-61-64-67-70-76(79)82-73-74(83-77(80)71-68-65-62-59-56-53-50-46-30-27-24-21-18-15-12-9-6-3)72-81-75(78)69-66-63-60-57-54-51-48-45-29-26-23-20-17-14-11-8-5-2/h7,9-10,12,16-21,25-30,32-33,35-36,38-39,41-42,44,47,52,55,74H,4-6,8,11,13-15,22-24,31,34,37,40,43,45-46,48-51,53-54,56-73H2,1-3H3/b10-7-,12-9-,19-16-,20-17-,21-18-,28-25-,29-26-,30-27-,33-32-,36-35-,39-38-,42-41-,47-44-,55-52-. The number of ether oxygens (including phenoxy) is 3. The summed E-state index contributed by atoms with van der Waals surface area (Å²) in [4.78, 5) is 38.4. The lowest BCUT2D eigenvalue weighted by Gasteiger charge is -2.18. The van der Waals surface area contributed by atoms with E-state index in [1.54, 1.807) is 0 Å². The van der Waals surface area contributed by atoms with Crippen LogP contribution in [0.2, 0.25) is 0 Å². The van der Waals surface area contributed by atoms with Gasteiger partial charge < -0.3 is 14.2 Å². The van der Waals surface area contributed by atoms with Gasteiger partial charge in [0.15, 0.2) is 6.10 Å². The molecule has 0 rings (SSSR count). The summed E-state index contributed by atoms with van der Waals surface area (Å²) in [6.45, 7) is 6.35. The van der Waals surface area contributed by atoms with E-state index in [-0.39, 0.29) is 31.1 Å². The number of carbonyl (C=O) groups excluding carboxylic acids is 3. The summed E-state index contributed by atoms with van der Waals surface area (Å²) in [6, 6.07) is 0. The number of carbonyl (C=O) groups is 3. The van der Waals surface area contributed by atoms with E-state index in [4.69, 9.17) is 14.2 Å². The first kappa shape index (κ1) is 77.8. The molecule has 0 N–H and O–H groups in total. The summed E-state index contributed by atoms with van der Waals surface area (Å²) in [5.41, 5.74) is 0. The number of rotatable bonds is 59. The zero-order valence-corrected chi connectivity index (χ0v) is 53.4. The number of hydrogen-bond donors (Lipinski definition) is 0. The molecule has 0 saturated heterocycles. The Morgan fingerprint density at radius 1 is 0.253 bits per heavy atom. The van der Waals surface area contributed by atoms with Crippen LogP contribution in [0.5, 0.6) is 0 Å². The molecule has 0 aromatic heterocycles. The minimum atomic E-state index is -0.811. The second kappa shape index (κ2) is 69.3. The Morgan fingerprint density at radius 3 is 0.747 bits per heavy atom. The molecule has 0 aliphatic rings. The summed E-state index contributed by atoms with van der Waals surface area (Å²) in [6.07, 6.45) is 102. The highest BCUT2D eigenvalue weighted by molar-refractivity contribution is 5.71. The molecule has 0 amide bonds. The number of esters is 3. The van der Waals surface area contributed by atoms with Gasteiger partial charge in [0.25, 0.3) is 0 Å². The van der Waals surface area contributed by atoms with Crippen LogP contribution in [0.4, 0.5) is 0 Å². The normalized spacial score (nSPS) is 13.2. The van der Waals surface area contributed by atoms with Crippen molar-refractivity contribution in [3.05, 3.63) is 170 Å². The van der Waals surface area contributed by atoms with E-state index in [1.807, 2.05) is 0 Å². The lowest BCUT2D eigenvalue weighted by Crippen LogP contribution is -2.30. The zero-order valence-electron chi connectivity index (χ0n) is 53.4. The molecule has 0 aliphatic heterocycles. The molecule has 0 aromatic carbocycles. The maximum atomic E-state index is 12.9. The maximum absolute atomic E-state index is 12.9. The fourth-order valence-electron chi connectivity index (χ4n) is 8.71. The van der Waals surface area contributed by atoms with Crippen molar-refractivity contribution < 1.29 is 28.6 Å². The van der Waals surface area contributed by atoms with Crippen LogP contribution in [0, 0.1) is 0 Å². The monoisotopic (exact) mass is 1140 g/mol. The van der Waals surface area contributed by atoms with Crippen molar-refractivity contribution in [1.82, 2.24) is 0 Å². The van der Waals surface area contributed by atoms with Crippen LogP contribution in [0.25, 0.3) is 0 Å². The molecule has 0 spiro atoms. The van der Waals surface area contributed by atoms with Crippen LogP contribution in [-0.2, 0) is 28.6 Å². The first-order valence-corrected chi connectivity index (χ1v) is 33.6. The van der Waals surface area contributed by atoms with E-state index in [1.165, 1.54) is 70.6 Å². The third-order valence-electron chi connectivity index (χ3n) is 13.7. The molecule has 0 aliphatic carbocycles. The van der Waals surface area contributed by atoms with Crippen molar-refractivity contribution in [2.75, 3.05) is 13.2 Å². The minimum absolute atomic E-state index is 0.104. The highest BCUT2D eigenvalue weighted by Crippen LogP contribution is 2.14. The first-order chi connectivity index (χ1) is 41.0. The average Bonchev–Trinajstić information content (AvgIpc) is 3.49. The number of unbranched alkanes of at least 4 members (excludes halogenated alkanes) is 20. The third kappa shape index (κ3) is 67.4. The van der Waals surface area contributed by atoms with Gasteiger partial charge in [0.1, 0.15) is 13.2 Å². The van der Waals surface area contributed by atoms with E-state index in [9.17, 15) is 14.4 Å². The lowest BCUT2D eigenvalue weighted by atomic mass is 10.1. The Morgan fingerprint density at radius 2 is 0.470 bits per heavy atom. The van der Waals surface area contributed by atoms with Gasteiger partial charge in [0.2, 0.25) is 0 Å². The predicted octanol–water partition coefficient (Wildman–Crippen LogP) is 23.4. The second-order valence-corrected chi connectivity index (χ2v) is 21.6.